The van der Waals surface area contributed by atoms with Crippen molar-refractivity contribution >= 4 is 5.97 Å². The number of ether oxygens (including phenoxy) is 2. The zero-order valence-corrected chi connectivity index (χ0v) is 10.2. The van der Waals surface area contributed by atoms with Crippen LogP contribution in [0.5, 0.6) is 0 Å². The molecular weight excluding hydrogens is 208 g/mol. The number of hydrogen-bond donors (Lipinski definition) is 1. The van der Waals surface area contributed by atoms with Crippen molar-refractivity contribution in [1.29, 1.82) is 0 Å². The Bertz CT molecular complexity index is 285. The fourth-order valence-electron chi connectivity index (χ4n) is 1.56. The SMILES string of the molecule is CC(=O)OC/C=C(\C)CC[C@@H]1O[C@]1(C)CO. The fraction of sp³-hybridized carbons (Fsp3) is 0.750. The van der Waals surface area contributed by atoms with Crippen LogP contribution in [0.4, 0.5) is 0 Å². The summed E-state index contributed by atoms with van der Waals surface area (Å²) in [6, 6.07) is 0. The molecular formula is C12H20O4. The van der Waals surface area contributed by atoms with E-state index in [0.29, 0.717) is 6.61 Å². The van der Waals surface area contributed by atoms with Crippen LogP contribution in [0.15, 0.2) is 11.6 Å². The highest BCUT2D eigenvalue weighted by atomic mass is 16.6. The molecule has 1 saturated heterocycles. The van der Waals surface area contributed by atoms with Gasteiger partial charge in [0.2, 0.25) is 0 Å². The maximum atomic E-state index is 10.5. The first-order chi connectivity index (χ1) is 7.48. The van der Waals surface area contributed by atoms with Crippen LogP contribution in [-0.2, 0) is 14.3 Å². The van der Waals surface area contributed by atoms with E-state index >= 15 is 0 Å². The van der Waals surface area contributed by atoms with Gasteiger partial charge in [0, 0.05) is 6.92 Å². The Morgan fingerprint density at radius 2 is 2.25 bits per heavy atom. The second kappa shape index (κ2) is 5.46. The molecule has 1 N–H and O–H groups in total. The molecule has 0 unspecified atom stereocenters. The van der Waals surface area contributed by atoms with Gasteiger partial charge in [-0.25, -0.2) is 0 Å². The van der Waals surface area contributed by atoms with E-state index in [2.05, 4.69) is 0 Å². The summed E-state index contributed by atoms with van der Waals surface area (Å²) in [5.41, 5.74) is 0.855. The van der Waals surface area contributed by atoms with Gasteiger partial charge in [-0.05, 0) is 32.8 Å². The normalized spacial score (nSPS) is 29.0. The molecule has 0 aromatic carbocycles. The summed E-state index contributed by atoms with van der Waals surface area (Å²) in [6.45, 7) is 5.73. The summed E-state index contributed by atoms with van der Waals surface area (Å²) in [7, 11) is 0. The highest BCUT2D eigenvalue weighted by Crippen LogP contribution is 2.39. The molecule has 0 saturated carbocycles. The first-order valence-corrected chi connectivity index (χ1v) is 5.55. The molecule has 1 rings (SSSR count). The van der Waals surface area contributed by atoms with E-state index in [1.807, 2.05) is 19.9 Å². The zero-order valence-electron chi connectivity index (χ0n) is 10.2. The number of allylic oxidation sites excluding steroid dienone is 1. The van der Waals surface area contributed by atoms with E-state index < -0.39 is 0 Å². The summed E-state index contributed by atoms with van der Waals surface area (Å²) in [5.74, 6) is -0.262. The molecule has 1 aliphatic rings. The third-order valence-corrected chi connectivity index (χ3v) is 2.87. The average molecular weight is 228 g/mol. The van der Waals surface area contributed by atoms with Crippen LogP contribution in [-0.4, -0.2) is 36.0 Å². The van der Waals surface area contributed by atoms with Gasteiger partial charge in [-0.15, -0.1) is 0 Å². The number of rotatable bonds is 6. The molecule has 1 heterocycles. The first kappa shape index (κ1) is 13.2. The van der Waals surface area contributed by atoms with Gasteiger partial charge in [0.1, 0.15) is 12.2 Å². The van der Waals surface area contributed by atoms with E-state index in [0.717, 1.165) is 12.8 Å². The van der Waals surface area contributed by atoms with Crippen molar-refractivity contribution in [2.45, 2.75) is 45.3 Å². The molecule has 2 atom stereocenters. The minimum atomic E-state index is -0.323. The number of esters is 1. The van der Waals surface area contributed by atoms with Crippen molar-refractivity contribution in [1.82, 2.24) is 0 Å². The molecule has 0 bridgehead atoms. The number of aliphatic hydroxyl groups is 1. The number of carbonyl (C=O) groups excluding carboxylic acids is 1. The molecule has 16 heavy (non-hydrogen) atoms. The lowest BCUT2D eigenvalue weighted by Crippen LogP contribution is -2.15. The summed E-state index contributed by atoms with van der Waals surface area (Å²) in [4.78, 5) is 10.5. The summed E-state index contributed by atoms with van der Waals surface area (Å²) < 4.78 is 10.2. The molecule has 1 aliphatic heterocycles. The van der Waals surface area contributed by atoms with Gasteiger partial charge in [-0.3, -0.25) is 4.79 Å². The average Bonchev–Trinajstić information content (AvgIpc) is 2.87. The molecule has 4 nitrogen and oxygen atoms in total. The maximum absolute atomic E-state index is 10.5. The predicted molar refractivity (Wildman–Crippen MR) is 60.0 cm³/mol. The van der Waals surface area contributed by atoms with Crippen molar-refractivity contribution in [2.24, 2.45) is 0 Å². The third-order valence-electron chi connectivity index (χ3n) is 2.87. The topological polar surface area (TPSA) is 59.1 Å². The lowest BCUT2D eigenvalue weighted by atomic mass is 10.0. The Balaban J connectivity index is 2.16. The number of carbonyl (C=O) groups is 1. The smallest absolute Gasteiger partial charge is 0.302 e. The maximum Gasteiger partial charge on any atom is 0.302 e. The minimum absolute atomic E-state index is 0.0773. The van der Waals surface area contributed by atoms with Gasteiger partial charge in [0.25, 0.3) is 0 Å². The van der Waals surface area contributed by atoms with E-state index in [1.165, 1.54) is 12.5 Å². The van der Waals surface area contributed by atoms with Crippen molar-refractivity contribution < 1.29 is 19.4 Å². The minimum Gasteiger partial charge on any atom is -0.462 e. The lowest BCUT2D eigenvalue weighted by Gasteiger charge is -2.02. The van der Waals surface area contributed by atoms with E-state index in [4.69, 9.17) is 14.6 Å². The molecule has 0 spiro atoms. The largest absolute Gasteiger partial charge is 0.462 e. The fourth-order valence-corrected chi connectivity index (χ4v) is 1.56. The number of epoxide rings is 1. The van der Waals surface area contributed by atoms with E-state index in [9.17, 15) is 4.79 Å². The molecule has 0 aromatic heterocycles. The van der Waals surface area contributed by atoms with Crippen LogP contribution in [0.3, 0.4) is 0 Å². The molecule has 0 aromatic rings. The Morgan fingerprint density at radius 1 is 1.56 bits per heavy atom. The van der Waals surface area contributed by atoms with Gasteiger partial charge in [0.05, 0.1) is 12.7 Å². The Kier molecular flexibility index (Phi) is 4.50. The Hall–Kier alpha value is -0.870. The van der Waals surface area contributed by atoms with E-state index in [-0.39, 0.29) is 24.3 Å². The molecule has 0 aliphatic carbocycles. The second-order valence-electron chi connectivity index (χ2n) is 4.47. The monoisotopic (exact) mass is 228 g/mol. The van der Waals surface area contributed by atoms with Gasteiger partial charge in [0.15, 0.2) is 0 Å². The lowest BCUT2D eigenvalue weighted by molar-refractivity contribution is -0.139. The second-order valence-corrected chi connectivity index (χ2v) is 4.47. The highest BCUT2D eigenvalue weighted by molar-refractivity contribution is 5.66. The predicted octanol–water partition coefficient (Wildman–Crippen LogP) is 1.43. The van der Waals surface area contributed by atoms with Crippen LogP contribution in [0.25, 0.3) is 0 Å². The van der Waals surface area contributed by atoms with Crippen molar-refractivity contribution in [3.05, 3.63) is 11.6 Å². The quantitative estimate of drug-likeness (QED) is 0.424. The van der Waals surface area contributed by atoms with Gasteiger partial charge in [-0.1, -0.05) is 5.57 Å². The van der Waals surface area contributed by atoms with Crippen molar-refractivity contribution in [3.63, 3.8) is 0 Å². The van der Waals surface area contributed by atoms with Gasteiger partial charge < -0.3 is 14.6 Å². The summed E-state index contributed by atoms with van der Waals surface area (Å²) in [5, 5.41) is 9.01. The molecule has 92 valence electrons. The standard InChI is InChI=1S/C12H20O4/c1-9(6-7-15-10(2)14)4-5-11-12(3,8-13)16-11/h6,11,13H,4-5,7-8H2,1-3H3/b9-6+/t11-,12+/m0/s1. The van der Waals surface area contributed by atoms with Crippen LogP contribution >= 0.6 is 0 Å². The molecule has 4 heteroatoms. The first-order valence-electron chi connectivity index (χ1n) is 5.55. The van der Waals surface area contributed by atoms with Crippen molar-refractivity contribution in [2.75, 3.05) is 13.2 Å². The number of aliphatic hydroxyl groups excluding tert-OH is 1. The molecule has 1 fully saturated rings. The van der Waals surface area contributed by atoms with Crippen molar-refractivity contribution in [3.8, 4) is 0 Å². The van der Waals surface area contributed by atoms with E-state index in [1.54, 1.807) is 0 Å². The Labute approximate surface area is 96.2 Å². The summed E-state index contributed by atoms with van der Waals surface area (Å²) >= 11 is 0. The molecule has 0 amide bonds. The van der Waals surface area contributed by atoms with Crippen LogP contribution in [0.2, 0.25) is 0 Å². The van der Waals surface area contributed by atoms with Gasteiger partial charge >= 0.3 is 5.97 Å². The van der Waals surface area contributed by atoms with Crippen LogP contribution in [0.1, 0.15) is 33.6 Å². The number of hydrogen-bond acceptors (Lipinski definition) is 4. The zero-order chi connectivity index (χ0) is 12.2. The molecule has 0 radical (unpaired) electrons. The Morgan fingerprint density at radius 3 is 2.75 bits per heavy atom. The van der Waals surface area contributed by atoms with Gasteiger partial charge in [-0.2, -0.15) is 0 Å². The third kappa shape index (κ3) is 3.94. The van der Waals surface area contributed by atoms with Crippen LogP contribution < -0.4 is 0 Å². The highest BCUT2D eigenvalue weighted by Gasteiger charge is 2.50. The van der Waals surface area contributed by atoms with Crippen LogP contribution in [0, 0.1) is 0 Å². The summed E-state index contributed by atoms with van der Waals surface area (Å²) in [6.07, 6.45) is 3.87.